The number of hydrogen-bond acceptors (Lipinski definition) is 3. The van der Waals surface area contributed by atoms with Gasteiger partial charge in [0, 0.05) is 29.8 Å². The van der Waals surface area contributed by atoms with E-state index in [1.807, 2.05) is 62.4 Å². The molecule has 142 valence electrons. The van der Waals surface area contributed by atoms with Gasteiger partial charge in [-0.2, -0.15) is 0 Å². The summed E-state index contributed by atoms with van der Waals surface area (Å²) in [6.07, 6.45) is 1.99. The molecule has 0 aliphatic heterocycles. The summed E-state index contributed by atoms with van der Waals surface area (Å²) >= 11 is 0. The van der Waals surface area contributed by atoms with E-state index in [0.717, 1.165) is 27.9 Å². The average molecular weight is 373 g/mol. The summed E-state index contributed by atoms with van der Waals surface area (Å²) in [6.45, 7) is 3.92. The topological polar surface area (TPSA) is 67.3 Å². The van der Waals surface area contributed by atoms with Gasteiger partial charge in [-0.1, -0.05) is 48.5 Å². The Kier molecular flexibility index (Phi) is 5.99. The molecule has 3 aromatic rings. The van der Waals surface area contributed by atoms with E-state index in [2.05, 4.69) is 11.1 Å². The van der Waals surface area contributed by atoms with E-state index in [1.54, 1.807) is 12.3 Å². The van der Waals surface area contributed by atoms with Crippen LogP contribution in [0.3, 0.4) is 0 Å². The van der Waals surface area contributed by atoms with Crippen molar-refractivity contribution in [3.63, 3.8) is 0 Å². The minimum absolute atomic E-state index is 0.00939. The van der Waals surface area contributed by atoms with Gasteiger partial charge in [-0.15, -0.1) is 0 Å². The Balaban J connectivity index is 1.95. The first-order chi connectivity index (χ1) is 13.4. The largest absolute Gasteiger partial charge is 0.481 e. The number of carboxylic acid groups (broad SMARTS) is 1. The molecule has 0 aliphatic rings. The van der Waals surface area contributed by atoms with Crippen molar-refractivity contribution in [1.82, 2.24) is 4.98 Å². The zero-order valence-corrected chi connectivity index (χ0v) is 16.1. The number of aryl methyl sites for hydroxylation is 2. The van der Waals surface area contributed by atoms with Crippen molar-refractivity contribution in [3.05, 3.63) is 100 Å². The highest BCUT2D eigenvalue weighted by atomic mass is 16.4. The van der Waals surface area contributed by atoms with Crippen molar-refractivity contribution in [2.75, 3.05) is 0 Å². The Morgan fingerprint density at radius 3 is 2.36 bits per heavy atom. The number of carbonyl (C=O) groups excluding carboxylic acids is 1. The maximum atomic E-state index is 13.0. The molecule has 1 N–H and O–H groups in total. The highest BCUT2D eigenvalue weighted by molar-refractivity contribution is 5.96. The Hall–Kier alpha value is -3.27. The predicted molar refractivity (Wildman–Crippen MR) is 109 cm³/mol. The van der Waals surface area contributed by atoms with Crippen molar-refractivity contribution < 1.29 is 14.7 Å². The molecule has 0 fully saturated rings. The quantitative estimate of drug-likeness (QED) is 0.608. The summed E-state index contributed by atoms with van der Waals surface area (Å²) in [5.41, 5.74) is 5.46. The Labute approximate surface area is 164 Å². The monoisotopic (exact) mass is 373 g/mol. The van der Waals surface area contributed by atoms with Crippen LogP contribution in [0.15, 0.2) is 66.9 Å². The van der Waals surface area contributed by atoms with E-state index < -0.39 is 5.97 Å². The van der Waals surface area contributed by atoms with Crippen molar-refractivity contribution in [2.24, 2.45) is 0 Å². The maximum Gasteiger partial charge on any atom is 0.307 e. The van der Waals surface area contributed by atoms with Crippen LogP contribution in [0.5, 0.6) is 0 Å². The van der Waals surface area contributed by atoms with Gasteiger partial charge in [0.1, 0.15) is 0 Å². The number of carboxylic acids is 1. The molecular formula is C24H23NO3. The van der Waals surface area contributed by atoms with Gasteiger partial charge in [0.05, 0.1) is 6.42 Å². The van der Waals surface area contributed by atoms with Crippen molar-refractivity contribution >= 4 is 11.8 Å². The van der Waals surface area contributed by atoms with Gasteiger partial charge in [0.25, 0.3) is 0 Å². The van der Waals surface area contributed by atoms with Crippen LogP contribution in [0.1, 0.15) is 50.6 Å². The summed E-state index contributed by atoms with van der Waals surface area (Å²) in [5, 5.41) is 8.98. The summed E-state index contributed by atoms with van der Waals surface area (Å²) in [6, 6.07) is 19.1. The van der Waals surface area contributed by atoms with E-state index in [4.69, 9.17) is 5.11 Å². The average Bonchev–Trinajstić information content (AvgIpc) is 2.67. The number of nitrogens with zero attached hydrogens (tertiary/aromatic N) is 1. The minimum Gasteiger partial charge on any atom is -0.481 e. The van der Waals surface area contributed by atoms with Crippen molar-refractivity contribution in [2.45, 2.75) is 32.6 Å². The second kappa shape index (κ2) is 8.61. The lowest BCUT2D eigenvalue weighted by Gasteiger charge is -2.20. The number of ketones is 1. The molecular weight excluding hydrogens is 350 g/mol. The van der Waals surface area contributed by atoms with E-state index >= 15 is 0 Å². The van der Waals surface area contributed by atoms with Crippen molar-refractivity contribution in [1.29, 1.82) is 0 Å². The Bertz CT molecular complexity index is 993. The normalized spacial score (nSPS) is 11.8. The fourth-order valence-corrected chi connectivity index (χ4v) is 3.45. The molecule has 0 aliphatic carbocycles. The van der Waals surface area contributed by atoms with Gasteiger partial charge < -0.3 is 5.11 Å². The number of aromatic nitrogens is 1. The van der Waals surface area contributed by atoms with Gasteiger partial charge in [-0.3, -0.25) is 14.6 Å². The lowest BCUT2D eigenvalue weighted by Crippen LogP contribution is -2.11. The van der Waals surface area contributed by atoms with E-state index in [1.165, 1.54) is 0 Å². The Morgan fingerprint density at radius 1 is 1.00 bits per heavy atom. The van der Waals surface area contributed by atoms with Crippen LogP contribution < -0.4 is 0 Å². The summed E-state index contributed by atoms with van der Waals surface area (Å²) < 4.78 is 0. The second-order valence-corrected chi connectivity index (χ2v) is 7.03. The number of rotatable bonds is 7. The molecule has 0 saturated carbocycles. The van der Waals surface area contributed by atoms with Crippen LogP contribution in [0, 0.1) is 13.8 Å². The van der Waals surface area contributed by atoms with Gasteiger partial charge >= 0.3 is 5.97 Å². The van der Waals surface area contributed by atoms with Gasteiger partial charge in [0.15, 0.2) is 5.78 Å². The summed E-state index contributed by atoms with van der Waals surface area (Å²) in [4.78, 5) is 28.1. The molecule has 1 heterocycles. The molecule has 0 saturated heterocycles. The fourth-order valence-electron chi connectivity index (χ4n) is 3.45. The summed E-state index contributed by atoms with van der Waals surface area (Å²) in [7, 11) is 0. The SMILES string of the molecule is Cc1cc(C(=O)C[C@@H](c2ccc(CC(=O)O)cc2)c2ccccc2C)ccn1. The van der Waals surface area contributed by atoms with E-state index in [-0.39, 0.29) is 18.1 Å². The standard InChI is InChI=1S/C24H23NO3/c1-16-5-3-4-6-21(16)22(15-23(26)20-11-12-25-17(2)13-20)19-9-7-18(8-10-19)14-24(27)28/h3-13,22H,14-15H2,1-2H3,(H,27,28)/t22-/m0/s1. The third kappa shape index (κ3) is 4.71. The number of Topliss-reactive ketones (excluding diaryl/α,β-unsaturated/α-hetero) is 1. The van der Waals surface area contributed by atoms with Gasteiger partial charge in [0.2, 0.25) is 0 Å². The second-order valence-electron chi connectivity index (χ2n) is 7.03. The van der Waals surface area contributed by atoms with Crippen LogP contribution in [0.4, 0.5) is 0 Å². The lowest BCUT2D eigenvalue weighted by molar-refractivity contribution is -0.136. The van der Waals surface area contributed by atoms with Crippen LogP contribution in [0.2, 0.25) is 0 Å². The van der Waals surface area contributed by atoms with E-state index in [0.29, 0.717) is 12.0 Å². The summed E-state index contributed by atoms with van der Waals surface area (Å²) in [5.74, 6) is -0.888. The van der Waals surface area contributed by atoms with Gasteiger partial charge in [-0.05, 0) is 48.2 Å². The molecule has 3 rings (SSSR count). The van der Waals surface area contributed by atoms with Gasteiger partial charge in [-0.25, -0.2) is 0 Å². The maximum absolute atomic E-state index is 13.0. The third-order valence-electron chi connectivity index (χ3n) is 4.91. The van der Waals surface area contributed by atoms with Crippen LogP contribution >= 0.6 is 0 Å². The number of aliphatic carboxylic acids is 1. The molecule has 4 nitrogen and oxygen atoms in total. The van der Waals surface area contributed by atoms with Crippen LogP contribution in [-0.2, 0) is 11.2 Å². The number of carbonyl (C=O) groups is 2. The lowest BCUT2D eigenvalue weighted by atomic mass is 9.83. The molecule has 0 unspecified atom stereocenters. The molecule has 0 amide bonds. The molecule has 1 atom stereocenters. The van der Waals surface area contributed by atoms with E-state index in [9.17, 15) is 9.59 Å². The zero-order valence-electron chi connectivity index (χ0n) is 16.1. The molecule has 0 radical (unpaired) electrons. The van der Waals surface area contributed by atoms with Crippen LogP contribution in [0.25, 0.3) is 0 Å². The van der Waals surface area contributed by atoms with Crippen molar-refractivity contribution in [3.8, 4) is 0 Å². The first kappa shape index (κ1) is 19.5. The molecule has 2 aromatic carbocycles. The molecule has 1 aromatic heterocycles. The number of pyridine rings is 1. The molecule has 4 heteroatoms. The zero-order chi connectivity index (χ0) is 20.1. The predicted octanol–water partition coefficient (Wildman–Crippen LogP) is 4.73. The number of benzene rings is 2. The highest BCUT2D eigenvalue weighted by Crippen LogP contribution is 2.32. The molecule has 0 bridgehead atoms. The first-order valence-corrected chi connectivity index (χ1v) is 9.26. The highest BCUT2D eigenvalue weighted by Gasteiger charge is 2.21. The number of hydrogen-bond donors (Lipinski definition) is 1. The van der Waals surface area contributed by atoms with Crippen LogP contribution in [-0.4, -0.2) is 21.8 Å². The first-order valence-electron chi connectivity index (χ1n) is 9.26. The molecule has 0 spiro atoms. The smallest absolute Gasteiger partial charge is 0.307 e. The fraction of sp³-hybridized carbons (Fsp3) is 0.208. The third-order valence-corrected chi connectivity index (χ3v) is 4.91. The molecule has 28 heavy (non-hydrogen) atoms. The Morgan fingerprint density at radius 2 is 1.71 bits per heavy atom. The minimum atomic E-state index is -0.855.